The molecule has 0 amide bonds. The quantitative estimate of drug-likeness (QED) is 0.322. The summed E-state index contributed by atoms with van der Waals surface area (Å²) in [6, 6.07) is 0. The standard InChI is InChI=1S/C15H28O8/c16-9-10-12(19)13(20)14(21)15(23-10)22-8-6-4-2-1-3-5-7-11(17)18/h10,12-16,19-21H,1-9H2,(H,17,18)/t10-,12-,13+,14-,15?/m1/s1. The Hall–Kier alpha value is -0.770. The Morgan fingerprint density at radius 2 is 1.52 bits per heavy atom. The molecule has 0 aromatic carbocycles. The Labute approximate surface area is 135 Å². The van der Waals surface area contributed by atoms with Gasteiger partial charge in [-0.3, -0.25) is 4.79 Å². The average molecular weight is 336 g/mol. The third-order valence-electron chi connectivity index (χ3n) is 3.92. The van der Waals surface area contributed by atoms with Gasteiger partial charge >= 0.3 is 5.97 Å². The molecular formula is C15H28O8. The number of aliphatic hydroxyl groups is 4. The average Bonchev–Trinajstić information content (AvgIpc) is 2.52. The van der Waals surface area contributed by atoms with Crippen LogP contribution in [0.25, 0.3) is 0 Å². The number of ether oxygens (including phenoxy) is 2. The monoisotopic (exact) mass is 336 g/mol. The van der Waals surface area contributed by atoms with E-state index in [1.54, 1.807) is 0 Å². The summed E-state index contributed by atoms with van der Waals surface area (Å²) >= 11 is 0. The van der Waals surface area contributed by atoms with Crippen LogP contribution in [-0.4, -0.2) is 75.4 Å². The Bertz CT molecular complexity index is 335. The third kappa shape index (κ3) is 7.11. The van der Waals surface area contributed by atoms with Crippen molar-refractivity contribution in [2.24, 2.45) is 0 Å². The van der Waals surface area contributed by atoms with Gasteiger partial charge in [-0.2, -0.15) is 0 Å². The molecule has 8 nitrogen and oxygen atoms in total. The molecule has 23 heavy (non-hydrogen) atoms. The summed E-state index contributed by atoms with van der Waals surface area (Å²) in [5.74, 6) is -0.766. The van der Waals surface area contributed by atoms with Gasteiger partial charge in [-0.15, -0.1) is 0 Å². The first-order valence-corrected chi connectivity index (χ1v) is 8.11. The number of carboxylic acids is 1. The van der Waals surface area contributed by atoms with Crippen molar-refractivity contribution >= 4 is 5.97 Å². The molecule has 1 saturated heterocycles. The van der Waals surface area contributed by atoms with E-state index in [1.165, 1.54) is 0 Å². The maximum absolute atomic E-state index is 10.3. The molecule has 0 bridgehead atoms. The smallest absolute Gasteiger partial charge is 0.303 e. The van der Waals surface area contributed by atoms with Crippen molar-refractivity contribution in [2.45, 2.75) is 75.7 Å². The second kappa shape index (κ2) is 10.9. The van der Waals surface area contributed by atoms with Crippen LogP contribution in [0.5, 0.6) is 0 Å². The lowest BCUT2D eigenvalue weighted by molar-refractivity contribution is -0.301. The molecule has 0 aliphatic carbocycles. The molecular weight excluding hydrogens is 308 g/mol. The topological polar surface area (TPSA) is 137 Å². The van der Waals surface area contributed by atoms with Gasteiger partial charge in [0.15, 0.2) is 6.29 Å². The SMILES string of the molecule is O=C(O)CCCCCCCCOC1O[C@H](CO)[C@@H](O)[C@H](O)[C@H]1O. The maximum Gasteiger partial charge on any atom is 0.303 e. The Kier molecular flexibility index (Phi) is 9.61. The fourth-order valence-electron chi connectivity index (χ4n) is 2.49. The van der Waals surface area contributed by atoms with Gasteiger partial charge in [0, 0.05) is 13.0 Å². The molecule has 0 radical (unpaired) electrons. The molecule has 1 aliphatic rings. The van der Waals surface area contributed by atoms with Gasteiger partial charge in [0.25, 0.3) is 0 Å². The minimum absolute atomic E-state index is 0.209. The number of hydrogen-bond acceptors (Lipinski definition) is 7. The van der Waals surface area contributed by atoms with Crippen LogP contribution in [-0.2, 0) is 14.3 Å². The first-order valence-electron chi connectivity index (χ1n) is 8.11. The highest BCUT2D eigenvalue weighted by Gasteiger charge is 2.43. The lowest BCUT2D eigenvalue weighted by Gasteiger charge is -2.39. The second-order valence-corrected chi connectivity index (χ2v) is 5.83. The van der Waals surface area contributed by atoms with Gasteiger partial charge in [0.1, 0.15) is 24.4 Å². The van der Waals surface area contributed by atoms with Crippen LogP contribution in [0, 0.1) is 0 Å². The van der Waals surface area contributed by atoms with Crippen molar-refractivity contribution in [2.75, 3.05) is 13.2 Å². The van der Waals surface area contributed by atoms with Crippen molar-refractivity contribution in [3.05, 3.63) is 0 Å². The van der Waals surface area contributed by atoms with Crippen molar-refractivity contribution in [3.8, 4) is 0 Å². The van der Waals surface area contributed by atoms with Crippen LogP contribution in [0.15, 0.2) is 0 Å². The summed E-state index contributed by atoms with van der Waals surface area (Å²) < 4.78 is 10.6. The molecule has 5 N–H and O–H groups in total. The van der Waals surface area contributed by atoms with Gasteiger partial charge in [-0.1, -0.05) is 25.7 Å². The Morgan fingerprint density at radius 1 is 0.913 bits per heavy atom. The summed E-state index contributed by atoms with van der Waals surface area (Å²) in [6.07, 6.45) is -0.793. The fourth-order valence-corrected chi connectivity index (χ4v) is 2.49. The number of aliphatic carboxylic acids is 1. The van der Waals surface area contributed by atoms with E-state index in [0.29, 0.717) is 13.0 Å². The van der Waals surface area contributed by atoms with E-state index in [4.69, 9.17) is 19.7 Å². The fraction of sp³-hybridized carbons (Fsp3) is 0.933. The Morgan fingerprint density at radius 3 is 2.13 bits per heavy atom. The summed E-state index contributed by atoms with van der Waals surface area (Å²) in [6.45, 7) is -0.140. The van der Waals surface area contributed by atoms with E-state index in [2.05, 4.69) is 0 Å². The molecule has 1 fully saturated rings. The van der Waals surface area contributed by atoms with Crippen molar-refractivity contribution in [3.63, 3.8) is 0 Å². The highest BCUT2D eigenvalue weighted by molar-refractivity contribution is 5.66. The van der Waals surface area contributed by atoms with Crippen molar-refractivity contribution < 1.29 is 39.8 Å². The van der Waals surface area contributed by atoms with E-state index < -0.39 is 43.3 Å². The molecule has 5 atom stereocenters. The lowest BCUT2D eigenvalue weighted by atomic mass is 9.99. The zero-order chi connectivity index (χ0) is 17.2. The minimum Gasteiger partial charge on any atom is -0.481 e. The van der Waals surface area contributed by atoms with Gasteiger partial charge in [-0.05, 0) is 12.8 Å². The van der Waals surface area contributed by atoms with E-state index in [1.807, 2.05) is 0 Å². The lowest BCUT2D eigenvalue weighted by Crippen LogP contribution is -2.59. The molecule has 0 saturated carbocycles. The van der Waals surface area contributed by atoms with Crippen molar-refractivity contribution in [1.29, 1.82) is 0 Å². The van der Waals surface area contributed by atoms with Crippen molar-refractivity contribution in [1.82, 2.24) is 0 Å². The van der Waals surface area contributed by atoms with Crippen LogP contribution in [0.4, 0.5) is 0 Å². The predicted octanol–water partition coefficient (Wildman–Crippen LogP) is -0.382. The maximum atomic E-state index is 10.3. The van der Waals surface area contributed by atoms with Gasteiger partial charge in [-0.25, -0.2) is 0 Å². The van der Waals surface area contributed by atoms with Crippen LogP contribution >= 0.6 is 0 Å². The van der Waals surface area contributed by atoms with E-state index >= 15 is 0 Å². The zero-order valence-corrected chi connectivity index (χ0v) is 13.2. The first kappa shape index (κ1) is 20.3. The molecule has 0 spiro atoms. The number of aliphatic hydroxyl groups excluding tert-OH is 4. The number of rotatable bonds is 11. The zero-order valence-electron chi connectivity index (χ0n) is 13.2. The second-order valence-electron chi connectivity index (χ2n) is 5.83. The molecule has 0 aromatic heterocycles. The number of unbranched alkanes of at least 4 members (excludes halogenated alkanes) is 5. The molecule has 8 heteroatoms. The summed E-state index contributed by atoms with van der Waals surface area (Å²) in [4.78, 5) is 10.3. The predicted molar refractivity (Wildman–Crippen MR) is 79.7 cm³/mol. The van der Waals surface area contributed by atoms with Crippen LogP contribution in [0.1, 0.15) is 44.9 Å². The molecule has 1 aliphatic heterocycles. The molecule has 1 heterocycles. The van der Waals surface area contributed by atoms with E-state index in [9.17, 15) is 20.1 Å². The third-order valence-corrected chi connectivity index (χ3v) is 3.92. The van der Waals surface area contributed by atoms with Gasteiger partial charge in [0.2, 0.25) is 0 Å². The van der Waals surface area contributed by atoms with E-state index in [-0.39, 0.29) is 6.42 Å². The van der Waals surface area contributed by atoms with Crippen LogP contribution < -0.4 is 0 Å². The largest absolute Gasteiger partial charge is 0.481 e. The summed E-state index contributed by atoms with van der Waals surface area (Å²) in [7, 11) is 0. The minimum atomic E-state index is -1.42. The van der Waals surface area contributed by atoms with Crippen LogP contribution in [0.3, 0.4) is 0 Å². The number of carbonyl (C=O) groups is 1. The van der Waals surface area contributed by atoms with E-state index in [0.717, 1.165) is 32.1 Å². The number of carboxylic acid groups (broad SMARTS) is 1. The molecule has 1 rings (SSSR count). The van der Waals surface area contributed by atoms with Crippen LogP contribution in [0.2, 0.25) is 0 Å². The highest BCUT2D eigenvalue weighted by Crippen LogP contribution is 2.22. The number of hydrogen-bond donors (Lipinski definition) is 5. The molecule has 0 aromatic rings. The Balaban J connectivity index is 2.09. The summed E-state index contributed by atoms with van der Waals surface area (Å²) in [5.41, 5.74) is 0. The normalized spacial score (nSPS) is 31.2. The van der Waals surface area contributed by atoms with Gasteiger partial charge in [0.05, 0.1) is 6.61 Å². The van der Waals surface area contributed by atoms with Gasteiger partial charge < -0.3 is 35.0 Å². The summed E-state index contributed by atoms with van der Waals surface area (Å²) in [5, 5.41) is 46.6. The molecule has 1 unspecified atom stereocenters. The first-order chi connectivity index (χ1) is 11.0. The highest BCUT2D eigenvalue weighted by atomic mass is 16.7. The molecule has 136 valence electrons.